The first kappa shape index (κ1) is 29.9. The summed E-state index contributed by atoms with van der Waals surface area (Å²) in [6.45, 7) is 0. The summed E-state index contributed by atoms with van der Waals surface area (Å²) in [5.41, 5.74) is 7.73. The highest BCUT2D eigenvalue weighted by molar-refractivity contribution is 6.23. The lowest BCUT2D eigenvalue weighted by Gasteiger charge is -2.19. The molecule has 0 N–H and O–H groups in total. The van der Waals surface area contributed by atoms with Crippen LogP contribution in [-0.4, -0.2) is 15.0 Å². The lowest BCUT2D eigenvalue weighted by Crippen LogP contribution is -2.00. The van der Waals surface area contributed by atoms with Gasteiger partial charge >= 0.3 is 0 Å². The molecule has 0 fully saturated rings. The van der Waals surface area contributed by atoms with Gasteiger partial charge in [0.15, 0.2) is 17.5 Å². The molecule has 10 aromatic rings. The SMILES string of the molecule is c1ccc(-c2nc(-c3ccc(-c4c5ccccc5c(-c5cccc6ccccc56)c5ccccc45)cc3)nc(-c3ccc4ccccc4c3)n2)cc1. The molecule has 0 spiro atoms. The third-order valence-electron chi connectivity index (χ3n) is 10.1. The molecule has 0 aliphatic heterocycles. The third-order valence-corrected chi connectivity index (χ3v) is 10.1. The van der Waals surface area contributed by atoms with Crippen molar-refractivity contribution in [1.29, 1.82) is 0 Å². The van der Waals surface area contributed by atoms with E-state index in [0.29, 0.717) is 17.5 Å². The highest BCUT2D eigenvalue weighted by atomic mass is 15.0. The minimum atomic E-state index is 0.643. The van der Waals surface area contributed by atoms with Gasteiger partial charge in [-0.1, -0.05) is 182 Å². The molecule has 1 heterocycles. The fourth-order valence-corrected chi connectivity index (χ4v) is 7.64. The van der Waals surface area contributed by atoms with Crippen molar-refractivity contribution in [3.8, 4) is 56.4 Å². The van der Waals surface area contributed by atoms with Gasteiger partial charge in [0, 0.05) is 16.7 Å². The predicted octanol–water partition coefficient (Wildman–Crippen LogP) is 12.8. The van der Waals surface area contributed by atoms with E-state index in [1.54, 1.807) is 0 Å². The summed E-state index contributed by atoms with van der Waals surface area (Å²) < 4.78 is 0. The number of hydrogen-bond acceptors (Lipinski definition) is 3. The molecule has 0 atom stereocenters. The highest BCUT2D eigenvalue weighted by Crippen LogP contribution is 2.45. The molecule has 0 saturated heterocycles. The Bertz CT molecular complexity index is 2890. The Balaban J connectivity index is 1.14. The van der Waals surface area contributed by atoms with E-state index in [2.05, 4.69) is 158 Å². The minimum absolute atomic E-state index is 0.643. The summed E-state index contributed by atoms with van der Waals surface area (Å²) in [6.07, 6.45) is 0. The number of hydrogen-bond donors (Lipinski definition) is 0. The molecular formula is C49H31N3. The lowest BCUT2D eigenvalue weighted by molar-refractivity contribution is 1.07. The molecule has 0 unspecified atom stereocenters. The molecule has 3 nitrogen and oxygen atoms in total. The van der Waals surface area contributed by atoms with Gasteiger partial charge in [0.05, 0.1) is 0 Å². The fourth-order valence-electron chi connectivity index (χ4n) is 7.64. The van der Waals surface area contributed by atoms with E-state index in [-0.39, 0.29) is 0 Å². The summed E-state index contributed by atoms with van der Waals surface area (Å²) in [4.78, 5) is 15.0. The van der Waals surface area contributed by atoms with Crippen LogP contribution in [0.25, 0.3) is 99.5 Å². The average molecular weight is 662 g/mol. The Morgan fingerprint density at radius 1 is 0.250 bits per heavy atom. The highest BCUT2D eigenvalue weighted by Gasteiger charge is 2.19. The molecular weight excluding hydrogens is 631 g/mol. The molecule has 52 heavy (non-hydrogen) atoms. The van der Waals surface area contributed by atoms with E-state index in [1.165, 1.54) is 54.4 Å². The molecule has 0 radical (unpaired) electrons. The Hall–Kier alpha value is -6.97. The van der Waals surface area contributed by atoms with Gasteiger partial charge in [0.1, 0.15) is 0 Å². The maximum atomic E-state index is 5.06. The summed E-state index contributed by atoms with van der Waals surface area (Å²) in [7, 11) is 0. The summed E-state index contributed by atoms with van der Waals surface area (Å²) in [5, 5.41) is 9.76. The van der Waals surface area contributed by atoms with Crippen LogP contribution in [0.5, 0.6) is 0 Å². The largest absolute Gasteiger partial charge is 0.208 e. The van der Waals surface area contributed by atoms with Gasteiger partial charge in [-0.25, -0.2) is 15.0 Å². The molecule has 0 aliphatic rings. The average Bonchev–Trinajstić information content (AvgIpc) is 3.22. The molecule has 10 rings (SSSR count). The number of fused-ring (bicyclic) bond motifs is 4. The van der Waals surface area contributed by atoms with Gasteiger partial charge in [0.25, 0.3) is 0 Å². The zero-order valence-electron chi connectivity index (χ0n) is 28.2. The van der Waals surface area contributed by atoms with Crippen molar-refractivity contribution in [3.05, 3.63) is 188 Å². The Kier molecular flexibility index (Phi) is 7.14. The summed E-state index contributed by atoms with van der Waals surface area (Å²) in [5.74, 6) is 1.95. The standard InChI is InChI=1S/C49H31N3/c1-2-15-35(16-3-1)47-50-48(52-49(51-47)38-30-25-32-13-4-5-17-37(32)31-38)36-28-26-34(27-29-36)45-41-20-8-10-22-43(41)46(44-23-11-9-21-42(44)45)40-24-12-18-33-14-6-7-19-39(33)40/h1-31H. The van der Waals surface area contributed by atoms with Crippen molar-refractivity contribution < 1.29 is 0 Å². The Morgan fingerprint density at radius 3 is 1.35 bits per heavy atom. The van der Waals surface area contributed by atoms with Crippen molar-refractivity contribution in [3.63, 3.8) is 0 Å². The molecule has 0 saturated carbocycles. The Morgan fingerprint density at radius 2 is 0.692 bits per heavy atom. The van der Waals surface area contributed by atoms with Crippen LogP contribution in [0.4, 0.5) is 0 Å². The smallest absolute Gasteiger partial charge is 0.164 e. The number of benzene rings is 9. The third kappa shape index (κ3) is 5.10. The van der Waals surface area contributed by atoms with Crippen LogP contribution in [0, 0.1) is 0 Å². The van der Waals surface area contributed by atoms with Gasteiger partial charge in [-0.05, 0) is 71.4 Å². The van der Waals surface area contributed by atoms with Crippen LogP contribution < -0.4 is 0 Å². The quantitative estimate of drug-likeness (QED) is 0.172. The van der Waals surface area contributed by atoms with Crippen molar-refractivity contribution in [1.82, 2.24) is 15.0 Å². The fraction of sp³-hybridized carbons (Fsp3) is 0. The van der Waals surface area contributed by atoms with E-state index in [4.69, 9.17) is 15.0 Å². The second-order valence-corrected chi connectivity index (χ2v) is 13.2. The number of aromatic nitrogens is 3. The zero-order chi connectivity index (χ0) is 34.4. The first-order valence-electron chi connectivity index (χ1n) is 17.6. The molecule has 0 bridgehead atoms. The van der Waals surface area contributed by atoms with E-state index in [1.807, 2.05) is 30.3 Å². The zero-order valence-corrected chi connectivity index (χ0v) is 28.2. The topological polar surface area (TPSA) is 38.7 Å². The maximum absolute atomic E-state index is 5.06. The van der Waals surface area contributed by atoms with Gasteiger partial charge < -0.3 is 0 Å². The van der Waals surface area contributed by atoms with Crippen molar-refractivity contribution in [2.75, 3.05) is 0 Å². The van der Waals surface area contributed by atoms with Crippen LogP contribution in [0.15, 0.2) is 188 Å². The van der Waals surface area contributed by atoms with Crippen molar-refractivity contribution in [2.45, 2.75) is 0 Å². The van der Waals surface area contributed by atoms with E-state index in [0.717, 1.165) is 27.6 Å². The predicted molar refractivity (Wildman–Crippen MR) is 217 cm³/mol. The van der Waals surface area contributed by atoms with Crippen LogP contribution in [0.2, 0.25) is 0 Å². The van der Waals surface area contributed by atoms with Crippen molar-refractivity contribution >= 4 is 43.1 Å². The molecule has 242 valence electrons. The van der Waals surface area contributed by atoms with Crippen molar-refractivity contribution in [2.24, 2.45) is 0 Å². The molecule has 9 aromatic carbocycles. The molecule has 0 amide bonds. The first-order chi connectivity index (χ1) is 25.8. The first-order valence-corrected chi connectivity index (χ1v) is 17.6. The molecule has 1 aromatic heterocycles. The monoisotopic (exact) mass is 661 g/mol. The van der Waals surface area contributed by atoms with Crippen LogP contribution >= 0.6 is 0 Å². The molecule has 0 aliphatic carbocycles. The molecule has 3 heteroatoms. The van der Waals surface area contributed by atoms with Crippen LogP contribution in [0.3, 0.4) is 0 Å². The van der Waals surface area contributed by atoms with Gasteiger partial charge in [-0.3, -0.25) is 0 Å². The minimum Gasteiger partial charge on any atom is -0.208 e. The van der Waals surface area contributed by atoms with Crippen LogP contribution in [-0.2, 0) is 0 Å². The van der Waals surface area contributed by atoms with Gasteiger partial charge in [-0.15, -0.1) is 0 Å². The van der Waals surface area contributed by atoms with Crippen LogP contribution in [0.1, 0.15) is 0 Å². The van der Waals surface area contributed by atoms with Gasteiger partial charge in [-0.2, -0.15) is 0 Å². The summed E-state index contributed by atoms with van der Waals surface area (Å²) in [6, 6.07) is 66.5. The normalized spacial score (nSPS) is 11.5. The second kappa shape index (κ2) is 12.4. The lowest BCUT2D eigenvalue weighted by atomic mass is 9.84. The van der Waals surface area contributed by atoms with E-state index >= 15 is 0 Å². The Labute approximate surface area is 301 Å². The van der Waals surface area contributed by atoms with Gasteiger partial charge in [0.2, 0.25) is 0 Å². The van der Waals surface area contributed by atoms with E-state index < -0.39 is 0 Å². The number of nitrogens with zero attached hydrogens (tertiary/aromatic N) is 3. The summed E-state index contributed by atoms with van der Waals surface area (Å²) >= 11 is 0. The second-order valence-electron chi connectivity index (χ2n) is 13.2. The maximum Gasteiger partial charge on any atom is 0.164 e. The number of rotatable bonds is 5. The van der Waals surface area contributed by atoms with E-state index in [9.17, 15) is 0 Å².